The van der Waals surface area contributed by atoms with E-state index in [0.717, 1.165) is 41.8 Å². The molecule has 0 bridgehead atoms. The van der Waals surface area contributed by atoms with Crippen LogP contribution >= 0.6 is 11.3 Å². The van der Waals surface area contributed by atoms with Gasteiger partial charge in [0.2, 0.25) is 11.0 Å². The number of nitrogens with zero attached hydrogens (tertiary/aromatic N) is 4. The Bertz CT molecular complexity index is 673. The van der Waals surface area contributed by atoms with Crippen molar-refractivity contribution >= 4 is 22.4 Å². The molecule has 1 aliphatic rings. The van der Waals surface area contributed by atoms with Crippen molar-refractivity contribution in [3.05, 3.63) is 40.7 Å². The molecule has 0 atom stereocenters. The molecule has 0 saturated carbocycles. The summed E-state index contributed by atoms with van der Waals surface area (Å²) >= 11 is 1.53. The van der Waals surface area contributed by atoms with Crippen molar-refractivity contribution in [2.45, 2.75) is 19.3 Å². The molecule has 1 aliphatic heterocycles. The number of hydrogen-bond acceptors (Lipinski definition) is 5. The van der Waals surface area contributed by atoms with E-state index in [0.29, 0.717) is 12.8 Å². The maximum Gasteiger partial charge on any atom is 0.222 e. The van der Waals surface area contributed by atoms with Crippen molar-refractivity contribution < 1.29 is 9.18 Å². The fourth-order valence-electron chi connectivity index (χ4n) is 2.55. The second-order valence-corrected chi connectivity index (χ2v) is 6.73. The van der Waals surface area contributed by atoms with E-state index < -0.39 is 0 Å². The first-order valence-electron chi connectivity index (χ1n) is 7.67. The Hall–Kier alpha value is -2.02. The maximum atomic E-state index is 12.9. The molecule has 1 saturated heterocycles. The topological polar surface area (TPSA) is 49.3 Å². The van der Waals surface area contributed by atoms with Gasteiger partial charge in [0.1, 0.15) is 10.8 Å². The molecule has 0 unspecified atom stereocenters. The minimum Gasteiger partial charge on any atom is -0.348 e. The number of likely N-dealkylation sites (N-methyl/N-ethyl adjacent to an activating group) is 1. The van der Waals surface area contributed by atoms with Crippen LogP contribution in [0.1, 0.15) is 23.4 Å². The van der Waals surface area contributed by atoms with Crippen LogP contribution in [-0.2, 0) is 11.2 Å². The van der Waals surface area contributed by atoms with Crippen molar-refractivity contribution in [1.29, 1.82) is 0 Å². The van der Waals surface area contributed by atoms with Crippen LogP contribution in [0.25, 0.3) is 0 Å². The quantitative estimate of drug-likeness (QED) is 0.813. The lowest BCUT2D eigenvalue weighted by Crippen LogP contribution is -2.33. The molecule has 7 heteroatoms. The summed E-state index contributed by atoms with van der Waals surface area (Å²) in [5, 5.41) is 10.2. The summed E-state index contributed by atoms with van der Waals surface area (Å²) in [6.45, 7) is 2.33. The lowest BCUT2D eigenvalue weighted by Gasteiger charge is -2.20. The summed E-state index contributed by atoms with van der Waals surface area (Å²) in [4.78, 5) is 15.5. The summed E-state index contributed by atoms with van der Waals surface area (Å²) in [6, 6.07) is 6.44. The third-order valence-electron chi connectivity index (χ3n) is 3.93. The average molecular weight is 334 g/mol. The van der Waals surface area contributed by atoms with Crippen LogP contribution in [0.3, 0.4) is 0 Å². The van der Waals surface area contributed by atoms with Crippen LogP contribution < -0.4 is 4.90 Å². The Balaban J connectivity index is 1.55. The van der Waals surface area contributed by atoms with Crippen LogP contribution in [0.2, 0.25) is 0 Å². The summed E-state index contributed by atoms with van der Waals surface area (Å²) < 4.78 is 12.9. The second-order valence-electron chi connectivity index (χ2n) is 5.69. The van der Waals surface area contributed by atoms with E-state index in [2.05, 4.69) is 10.2 Å². The molecular formula is C16H19FN4OS. The van der Waals surface area contributed by atoms with Gasteiger partial charge in [-0.15, -0.1) is 10.2 Å². The number of halogens is 1. The number of carbonyl (C=O) groups is 1. The monoisotopic (exact) mass is 334 g/mol. The van der Waals surface area contributed by atoms with E-state index in [1.54, 1.807) is 12.1 Å². The van der Waals surface area contributed by atoms with Gasteiger partial charge in [0, 0.05) is 39.5 Å². The van der Waals surface area contributed by atoms with E-state index in [1.165, 1.54) is 23.5 Å². The van der Waals surface area contributed by atoms with Gasteiger partial charge in [-0.1, -0.05) is 23.5 Å². The van der Waals surface area contributed by atoms with Gasteiger partial charge < -0.3 is 9.80 Å². The highest BCUT2D eigenvalue weighted by molar-refractivity contribution is 7.15. The summed E-state index contributed by atoms with van der Waals surface area (Å²) in [7, 11) is 1.96. The van der Waals surface area contributed by atoms with Crippen LogP contribution in [0.5, 0.6) is 0 Å². The zero-order valence-corrected chi connectivity index (χ0v) is 13.9. The first kappa shape index (κ1) is 15.9. The highest BCUT2D eigenvalue weighted by atomic mass is 32.1. The molecule has 2 aromatic rings. The minimum absolute atomic E-state index is 0.233. The van der Waals surface area contributed by atoms with Gasteiger partial charge in [0.05, 0.1) is 0 Å². The zero-order valence-electron chi connectivity index (χ0n) is 13.0. The molecule has 0 radical (unpaired) electrons. The average Bonchev–Trinajstić information content (AvgIpc) is 3.16. The number of rotatable bonds is 6. The van der Waals surface area contributed by atoms with Crippen molar-refractivity contribution in [3.8, 4) is 0 Å². The van der Waals surface area contributed by atoms with Crippen LogP contribution in [0.15, 0.2) is 24.3 Å². The van der Waals surface area contributed by atoms with Crippen molar-refractivity contribution in [2.75, 3.05) is 31.6 Å². The standard InChI is InChI=1S/C16H19FN4OS/c1-20(9-10-21-8-2-3-15(21)22)16-19-18-14(23-16)11-12-4-6-13(17)7-5-12/h4-7H,2-3,8-11H2,1H3. The molecule has 0 N–H and O–H groups in total. The van der Waals surface area contributed by atoms with E-state index in [4.69, 9.17) is 0 Å². The lowest BCUT2D eigenvalue weighted by molar-refractivity contribution is -0.127. The Morgan fingerprint density at radius 1 is 1.30 bits per heavy atom. The largest absolute Gasteiger partial charge is 0.348 e. The normalized spacial score (nSPS) is 14.5. The molecule has 23 heavy (non-hydrogen) atoms. The Morgan fingerprint density at radius 3 is 2.78 bits per heavy atom. The smallest absolute Gasteiger partial charge is 0.222 e. The first-order chi connectivity index (χ1) is 11.1. The molecular weight excluding hydrogens is 315 g/mol. The highest BCUT2D eigenvalue weighted by Gasteiger charge is 2.20. The van der Waals surface area contributed by atoms with Gasteiger partial charge in [-0.25, -0.2) is 4.39 Å². The lowest BCUT2D eigenvalue weighted by atomic mass is 10.2. The number of hydrogen-bond donors (Lipinski definition) is 0. The SMILES string of the molecule is CN(CCN1CCCC1=O)c1nnc(Cc2ccc(F)cc2)s1. The molecule has 1 fully saturated rings. The highest BCUT2D eigenvalue weighted by Crippen LogP contribution is 2.21. The van der Waals surface area contributed by atoms with Gasteiger partial charge in [-0.05, 0) is 24.1 Å². The minimum atomic E-state index is -0.233. The Labute approximate surface area is 138 Å². The van der Waals surface area contributed by atoms with Gasteiger partial charge in [0.15, 0.2) is 0 Å². The first-order valence-corrected chi connectivity index (χ1v) is 8.49. The van der Waals surface area contributed by atoms with Gasteiger partial charge in [0.25, 0.3) is 0 Å². The van der Waals surface area contributed by atoms with E-state index in [-0.39, 0.29) is 11.7 Å². The fourth-order valence-corrected chi connectivity index (χ4v) is 3.41. The molecule has 3 rings (SSSR count). The predicted octanol–water partition coefficient (Wildman–Crippen LogP) is 2.33. The van der Waals surface area contributed by atoms with E-state index in [1.807, 2.05) is 16.8 Å². The number of anilines is 1. The molecule has 0 spiro atoms. The number of aromatic nitrogens is 2. The number of likely N-dealkylation sites (tertiary alicyclic amines) is 1. The summed E-state index contributed by atoms with van der Waals surface area (Å²) in [5.41, 5.74) is 1.01. The van der Waals surface area contributed by atoms with Crippen LogP contribution in [-0.4, -0.2) is 47.7 Å². The maximum absolute atomic E-state index is 12.9. The Kier molecular flexibility index (Phi) is 4.85. The second kappa shape index (κ2) is 7.04. The van der Waals surface area contributed by atoms with Gasteiger partial charge >= 0.3 is 0 Å². The zero-order chi connectivity index (χ0) is 16.2. The van der Waals surface area contributed by atoms with Crippen LogP contribution in [0.4, 0.5) is 9.52 Å². The number of amides is 1. The third kappa shape index (κ3) is 4.04. The van der Waals surface area contributed by atoms with Crippen LogP contribution in [0, 0.1) is 5.82 Å². The van der Waals surface area contributed by atoms with Crippen molar-refractivity contribution in [2.24, 2.45) is 0 Å². The molecule has 5 nitrogen and oxygen atoms in total. The summed E-state index contributed by atoms with van der Waals surface area (Å²) in [5.74, 6) is 0.00978. The molecule has 122 valence electrons. The number of carbonyl (C=O) groups excluding carboxylic acids is 1. The van der Waals surface area contributed by atoms with Crippen molar-refractivity contribution in [1.82, 2.24) is 15.1 Å². The molecule has 1 amide bonds. The van der Waals surface area contributed by atoms with Crippen molar-refractivity contribution in [3.63, 3.8) is 0 Å². The third-order valence-corrected chi connectivity index (χ3v) is 4.97. The van der Waals surface area contributed by atoms with E-state index in [9.17, 15) is 9.18 Å². The van der Waals surface area contributed by atoms with Gasteiger partial charge in [-0.2, -0.15) is 0 Å². The van der Waals surface area contributed by atoms with E-state index >= 15 is 0 Å². The Morgan fingerprint density at radius 2 is 2.09 bits per heavy atom. The summed E-state index contributed by atoms with van der Waals surface area (Å²) in [6.07, 6.45) is 2.28. The molecule has 0 aliphatic carbocycles. The number of benzene rings is 1. The molecule has 1 aromatic heterocycles. The predicted molar refractivity (Wildman–Crippen MR) is 88.2 cm³/mol. The molecule has 1 aromatic carbocycles. The van der Waals surface area contributed by atoms with Gasteiger partial charge in [-0.3, -0.25) is 4.79 Å². The molecule has 2 heterocycles. The fraction of sp³-hybridized carbons (Fsp3) is 0.438.